The third-order valence-electron chi connectivity index (χ3n) is 4.67. The van der Waals surface area contributed by atoms with Crippen LogP contribution in [0.1, 0.15) is 17.3 Å². The number of nitrogens with zero attached hydrogens (tertiary/aromatic N) is 2. The fourth-order valence-corrected chi connectivity index (χ4v) is 5.54. The van der Waals surface area contributed by atoms with Crippen LogP contribution in [0.5, 0.6) is 5.75 Å². The van der Waals surface area contributed by atoms with Crippen LogP contribution in [-0.4, -0.2) is 56.5 Å². The van der Waals surface area contributed by atoms with Crippen LogP contribution in [0.4, 0.5) is 9.52 Å². The number of ether oxygens (including phenoxy) is 2. The summed E-state index contributed by atoms with van der Waals surface area (Å²) in [6.07, 6.45) is 0. The van der Waals surface area contributed by atoms with Crippen LogP contribution in [0.15, 0.2) is 41.3 Å². The Hall–Kier alpha value is -2.60. The third-order valence-corrected chi connectivity index (χ3v) is 7.52. The molecule has 11 heteroatoms. The molecular formula is C20H20FN3O5S2. The summed E-state index contributed by atoms with van der Waals surface area (Å²) in [6, 6.07) is 8.68. The number of morpholine rings is 1. The number of carbonyl (C=O) groups excluding carboxylic acids is 1. The molecular weight excluding hydrogens is 445 g/mol. The molecule has 1 aliphatic heterocycles. The number of carbonyl (C=O) groups is 1. The van der Waals surface area contributed by atoms with E-state index in [0.29, 0.717) is 23.0 Å². The first kappa shape index (κ1) is 21.6. The molecule has 2 aromatic carbocycles. The Morgan fingerprint density at radius 3 is 2.77 bits per heavy atom. The maximum Gasteiger partial charge on any atom is 0.257 e. The lowest BCUT2D eigenvalue weighted by Crippen LogP contribution is -2.41. The summed E-state index contributed by atoms with van der Waals surface area (Å²) in [5.74, 6) is -0.790. The number of sulfonamides is 1. The van der Waals surface area contributed by atoms with Crippen molar-refractivity contribution < 1.29 is 27.1 Å². The van der Waals surface area contributed by atoms with E-state index < -0.39 is 26.6 Å². The van der Waals surface area contributed by atoms with Gasteiger partial charge in [-0.1, -0.05) is 11.3 Å². The fraction of sp³-hybridized carbons (Fsp3) is 0.300. The van der Waals surface area contributed by atoms with E-state index in [1.807, 2.05) is 13.0 Å². The number of thiazole rings is 1. The van der Waals surface area contributed by atoms with Gasteiger partial charge in [0.2, 0.25) is 10.0 Å². The van der Waals surface area contributed by atoms with E-state index >= 15 is 0 Å². The van der Waals surface area contributed by atoms with Gasteiger partial charge in [0, 0.05) is 18.7 Å². The van der Waals surface area contributed by atoms with Gasteiger partial charge in [-0.15, -0.1) is 0 Å². The number of anilines is 1. The Bertz CT molecular complexity index is 1220. The quantitative estimate of drug-likeness (QED) is 0.601. The molecule has 1 aliphatic rings. The van der Waals surface area contributed by atoms with Gasteiger partial charge in [0.25, 0.3) is 5.91 Å². The van der Waals surface area contributed by atoms with Crippen LogP contribution in [0.2, 0.25) is 0 Å². The zero-order valence-electron chi connectivity index (χ0n) is 16.6. The largest absolute Gasteiger partial charge is 0.494 e. The lowest BCUT2D eigenvalue weighted by molar-refractivity contribution is 0.0729. The minimum Gasteiger partial charge on any atom is -0.494 e. The highest BCUT2D eigenvalue weighted by Gasteiger charge is 2.30. The third kappa shape index (κ3) is 4.54. The average Bonchev–Trinajstić information content (AvgIpc) is 3.16. The average molecular weight is 466 g/mol. The molecule has 0 atom stereocenters. The molecule has 4 rings (SSSR count). The molecule has 0 aliphatic carbocycles. The normalized spacial score (nSPS) is 15.2. The van der Waals surface area contributed by atoms with E-state index in [2.05, 4.69) is 10.3 Å². The summed E-state index contributed by atoms with van der Waals surface area (Å²) < 4.78 is 52.6. The first-order valence-electron chi connectivity index (χ1n) is 9.60. The standard InChI is InChI=1S/C20H20FN3O5S2/c1-2-29-14-4-6-16-17(12-14)30-20(22-16)23-19(25)13-3-5-15(21)18(11-13)31(26,27)24-7-9-28-10-8-24/h3-6,11-12H,2,7-10H2,1H3,(H,22,23,25). The van der Waals surface area contributed by atoms with Gasteiger partial charge in [-0.25, -0.2) is 17.8 Å². The molecule has 0 spiro atoms. The highest BCUT2D eigenvalue weighted by molar-refractivity contribution is 7.89. The minimum absolute atomic E-state index is 0.0162. The van der Waals surface area contributed by atoms with Crippen molar-refractivity contribution in [3.63, 3.8) is 0 Å². The van der Waals surface area contributed by atoms with Crippen LogP contribution >= 0.6 is 11.3 Å². The van der Waals surface area contributed by atoms with Crippen molar-refractivity contribution in [2.45, 2.75) is 11.8 Å². The van der Waals surface area contributed by atoms with Crippen molar-refractivity contribution in [3.05, 3.63) is 47.8 Å². The Kier molecular flexibility index (Phi) is 6.19. The van der Waals surface area contributed by atoms with Gasteiger partial charge in [-0.05, 0) is 43.3 Å². The SMILES string of the molecule is CCOc1ccc2nc(NC(=O)c3ccc(F)c(S(=O)(=O)N4CCOCC4)c3)sc2c1. The van der Waals surface area contributed by atoms with Crippen molar-refractivity contribution in [1.29, 1.82) is 0 Å². The van der Waals surface area contributed by atoms with Gasteiger partial charge >= 0.3 is 0 Å². The smallest absolute Gasteiger partial charge is 0.257 e. The second-order valence-electron chi connectivity index (χ2n) is 6.70. The number of nitrogens with one attached hydrogen (secondary N) is 1. The Labute approximate surface area is 182 Å². The van der Waals surface area contributed by atoms with Crippen LogP contribution in [-0.2, 0) is 14.8 Å². The van der Waals surface area contributed by atoms with Crippen LogP contribution < -0.4 is 10.1 Å². The van der Waals surface area contributed by atoms with Crippen molar-refractivity contribution in [2.24, 2.45) is 0 Å². The van der Waals surface area contributed by atoms with Crippen LogP contribution in [0.3, 0.4) is 0 Å². The van der Waals surface area contributed by atoms with Gasteiger partial charge in [0.1, 0.15) is 16.5 Å². The summed E-state index contributed by atoms with van der Waals surface area (Å²) in [4.78, 5) is 16.5. The number of halogens is 1. The molecule has 0 unspecified atom stereocenters. The lowest BCUT2D eigenvalue weighted by Gasteiger charge is -2.26. The molecule has 0 bridgehead atoms. The van der Waals surface area contributed by atoms with Crippen molar-refractivity contribution in [3.8, 4) is 5.75 Å². The zero-order valence-corrected chi connectivity index (χ0v) is 18.3. The summed E-state index contributed by atoms with van der Waals surface area (Å²) >= 11 is 1.26. The van der Waals surface area contributed by atoms with E-state index in [4.69, 9.17) is 9.47 Å². The van der Waals surface area contributed by atoms with E-state index in [1.165, 1.54) is 17.4 Å². The first-order chi connectivity index (χ1) is 14.9. The highest BCUT2D eigenvalue weighted by Crippen LogP contribution is 2.30. The maximum atomic E-state index is 14.4. The molecule has 1 amide bonds. The molecule has 0 radical (unpaired) electrons. The van der Waals surface area contributed by atoms with Gasteiger partial charge in [-0.2, -0.15) is 4.31 Å². The molecule has 1 saturated heterocycles. The second-order valence-corrected chi connectivity index (χ2v) is 9.63. The Morgan fingerprint density at radius 2 is 2.03 bits per heavy atom. The molecule has 1 N–H and O–H groups in total. The molecule has 1 fully saturated rings. The van der Waals surface area contributed by atoms with E-state index in [1.54, 1.807) is 12.1 Å². The number of benzene rings is 2. The number of hydrogen-bond donors (Lipinski definition) is 1. The van der Waals surface area contributed by atoms with Gasteiger partial charge in [0.05, 0.1) is 30.0 Å². The van der Waals surface area contributed by atoms with Gasteiger partial charge in [-0.3, -0.25) is 10.1 Å². The predicted molar refractivity (Wildman–Crippen MR) is 115 cm³/mol. The predicted octanol–water partition coefficient (Wildman–Crippen LogP) is 3.11. The monoisotopic (exact) mass is 465 g/mol. The topological polar surface area (TPSA) is 97.8 Å². The highest BCUT2D eigenvalue weighted by atomic mass is 32.2. The molecule has 164 valence electrons. The molecule has 8 nitrogen and oxygen atoms in total. The van der Waals surface area contributed by atoms with Crippen LogP contribution in [0, 0.1) is 5.82 Å². The molecule has 0 saturated carbocycles. The van der Waals surface area contributed by atoms with E-state index in [0.717, 1.165) is 21.1 Å². The minimum atomic E-state index is -4.08. The first-order valence-corrected chi connectivity index (χ1v) is 11.9. The molecule has 2 heterocycles. The maximum absolute atomic E-state index is 14.4. The zero-order chi connectivity index (χ0) is 22.0. The summed E-state index contributed by atoms with van der Waals surface area (Å²) in [6.45, 7) is 3.17. The molecule has 3 aromatic rings. The second kappa shape index (κ2) is 8.87. The van der Waals surface area contributed by atoms with Crippen molar-refractivity contribution in [1.82, 2.24) is 9.29 Å². The Morgan fingerprint density at radius 1 is 1.26 bits per heavy atom. The fourth-order valence-electron chi connectivity index (χ4n) is 3.15. The summed E-state index contributed by atoms with van der Waals surface area (Å²) in [5.41, 5.74) is 0.709. The van der Waals surface area contributed by atoms with E-state index in [-0.39, 0.29) is 31.9 Å². The number of rotatable bonds is 6. The Balaban J connectivity index is 1.58. The van der Waals surface area contributed by atoms with Gasteiger partial charge in [0.15, 0.2) is 5.13 Å². The summed E-state index contributed by atoms with van der Waals surface area (Å²) in [7, 11) is -4.08. The number of fused-ring (bicyclic) bond motifs is 1. The number of hydrogen-bond acceptors (Lipinski definition) is 7. The molecule has 31 heavy (non-hydrogen) atoms. The van der Waals surface area contributed by atoms with E-state index in [9.17, 15) is 17.6 Å². The lowest BCUT2D eigenvalue weighted by atomic mass is 10.2. The molecule has 1 aromatic heterocycles. The summed E-state index contributed by atoms with van der Waals surface area (Å²) in [5, 5.41) is 3.00. The number of aromatic nitrogens is 1. The number of amides is 1. The van der Waals surface area contributed by atoms with Gasteiger partial charge < -0.3 is 9.47 Å². The van der Waals surface area contributed by atoms with Crippen LogP contribution in [0.25, 0.3) is 10.2 Å². The van der Waals surface area contributed by atoms with Crippen molar-refractivity contribution in [2.75, 3.05) is 38.2 Å². The van der Waals surface area contributed by atoms with Crippen molar-refractivity contribution >= 4 is 42.6 Å².